The number of hydrogen-bond acceptors (Lipinski definition) is 4. The molecule has 0 fully saturated rings. The van der Waals surface area contributed by atoms with Crippen molar-refractivity contribution in [2.24, 2.45) is 0 Å². The van der Waals surface area contributed by atoms with Gasteiger partial charge in [0, 0.05) is 17.8 Å². The molecule has 2 N–H and O–H groups in total. The summed E-state index contributed by atoms with van der Waals surface area (Å²) in [6.45, 7) is 1.42. The van der Waals surface area contributed by atoms with Gasteiger partial charge >= 0.3 is 5.97 Å². The lowest BCUT2D eigenvalue weighted by molar-refractivity contribution is -0.385. The zero-order chi connectivity index (χ0) is 13.4. The van der Waals surface area contributed by atoms with E-state index in [0.29, 0.717) is 5.52 Å². The van der Waals surface area contributed by atoms with E-state index in [1.54, 1.807) is 0 Å². The number of carboxylic acids is 1. The van der Waals surface area contributed by atoms with Gasteiger partial charge in [-0.3, -0.25) is 14.9 Å². The van der Waals surface area contributed by atoms with E-state index in [4.69, 9.17) is 5.11 Å². The number of fused-ring (bicyclic) bond motifs is 1. The topological polar surface area (TPSA) is 113 Å². The molecule has 2 rings (SSSR count). The number of nitrogens with zero attached hydrogens (tertiary/aromatic N) is 1. The van der Waals surface area contributed by atoms with E-state index in [0.717, 1.165) is 6.20 Å². The van der Waals surface area contributed by atoms with Gasteiger partial charge in [0.05, 0.1) is 15.8 Å². The van der Waals surface area contributed by atoms with Gasteiger partial charge in [0.1, 0.15) is 5.56 Å². The maximum Gasteiger partial charge on any atom is 0.341 e. The summed E-state index contributed by atoms with van der Waals surface area (Å²) in [7, 11) is 0. The molecule has 0 aliphatic carbocycles. The maximum atomic E-state index is 11.9. The molecular formula is C11H8N2O5. The minimum Gasteiger partial charge on any atom is -0.477 e. The quantitative estimate of drug-likeness (QED) is 0.616. The number of hydrogen-bond donors (Lipinski definition) is 2. The second kappa shape index (κ2) is 3.95. The van der Waals surface area contributed by atoms with Gasteiger partial charge in [-0.15, -0.1) is 0 Å². The third-order valence-corrected chi connectivity index (χ3v) is 2.71. The van der Waals surface area contributed by atoms with E-state index < -0.39 is 21.9 Å². The second-order valence-electron chi connectivity index (χ2n) is 3.73. The lowest BCUT2D eigenvalue weighted by Crippen LogP contribution is -2.16. The van der Waals surface area contributed by atoms with Crippen LogP contribution in [0.1, 0.15) is 15.9 Å². The summed E-state index contributed by atoms with van der Waals surface area (Å²) >= 11 is 0. The summed E-state index contributed by atoms with van der Waals surface area (Å²) in [6, 6.07) is 2.65. The van der Waals surface area contributed by atoms with Crippen molar-refractivity contribution >= 4 is 22.6 Å². The van der Waals surface area contributed by atoms with Crippen molar-refractivity contribution in [3.05, 3.63) is 49.8 Å². The smallest absolute Gasteiger partial charge is 0.341 e. The number of benzene rings is 1. The number of aryl methyl sites for hydroxylation is 1. The third kappa shape index (κ3) is 1.61. The van der Waals surface area contributed by atoms with Crippen LogP contribution in [-0.2, 0) is 0 Å². The normalized spacial score (nSPS) is 10.5. The molecule has 18 heavy (non-hydrogen) atoms. The molecule has 0 aliphatic rings. The molecule has 0 spiro atoms. The summed E-state index contributed by atoms with van der Waals surface area (Å²) in [5.74, 6) is -1.37. The molecule has 1 heterocycles. The van der Waals surface area contributed by atoms with E-state index >= 15 is 0 Å². The predicted octanol–water partition coefficient (Wildman–Crippen LogP) is 1.44. The Morgan fingerprint density at radius 1 is 1.44 bits per heavy atom. The molecule has 1 aromatic heterocycles. The molecular weight excluding hydrogens is 240 g/mol. The minimum absolute atomic E-state index is 0.0316. The summed E-state index contributed by atoms with van der Waals surface area (Å²) < 4.78 is 0. The van der Waals surface area contributed by atoms with Crippen LogP contribution in [0.15, 0.2) is 23.1 Å². The molecule has 92 valence electrons. The van der Waals surface area contributed by atoms with Gasteiger partial charge in [-0.25, -0.2) is 4.79 Å². The van der Waals surface area contributed by atoms with Crippen LogP contribution in [-0.4, -0.2) is 21.0 Å². The van der Waals surface area contributed by atoms with Gasteiger partial charge in [-0.2, -0.15) is 0 Å². The number of carboxylic acid groups (broad SMARTS) is 1. The third-order valence-electron chi connectivity index (χ3n) is 2.71. The van der Waals surface area contributed by atoms with Crippen LogP contribution in [0.4, 0.5) is 5.69 Å². The Bertz CT molecular complexity index is 727. The number of nitro benzene ring substituents is 1. The van der Waals surface area contributed by atoms with Crippen LogP contribution in [0.2, 0.25) is 0 Å². The van der Waals surface area contributed by atoms with Crippen molar-refractivity contribution in [1.82, 2.24) is 4.98 Å². The van der Waals surface area contributed by atoms with Crippen LogP contribution in [0.3, 0.4) is 0 Å². The van der Waals surface area contributed by atoms with Gasteiger partial charge in [-0.1, -0.05) is 0 Å². The molecule has 0 radical (unpaired) electrons. The zero-order valence-corrected chi connectivity index (χ0v) is 9.26. The van der Waals surface area contributed by atoms with Crippen molar-refractivity contribution in [2.45, 2.75) is 6.92 Å². The molecule has 0 saturated heterocycles. The number of aromatic amines is 1. The molecule has 0 atom stereocenters. The van der Waals surface area contributed by atoms with E-state index in [2.05, 4.69) is 4.98 Å². The summed E-state index contributed by atoms with van der Waals surface area (Å²) in [4.78, 5) is 35.6. The van der Waals surface area contributed by atoms with Crippen molar-refractivity contribution in [3.63, 3.8) is 0 Å². The van der Waals surface area contributed by atoms with Crippen LogP contribution in [0.5, 0.6) is 0 Å². The van der Waals surface area contributed by atoms with Crippen LogP contribution < -0.4 is 5.43 Å². The fourth-order valence-corrected chi connectivity index (χ4v) is 1.82. The number of pyridine rings is 1. The van der Waals surface area contributed by atoms with Crippen LogP contribution in [0, 0.1) is 17.0 Å². The first-order valence-electron chi connectivity index (χ1n) is 4.96. The Kier molecular flexibility index (Phi) is 2.59. The first-order chi connectivity index (χ1) is 8.43. The van der Waals surface area contributed by atoms with Crippen LogP contribution >= 0.6 is 0 Å². The molecule has 0 bridgehead atoms. The SMILES string of the molecule is Cc1c([N+](=O)[O-])ccc2[nH]cc(C(=O)O)c(=O)c12. The van der Waals surface area contributed by atoms with Gasteiger partial charge in [0.25, 0.3) is 5.69 Å². The van der Waals surface area contributed by atoms with E-state index in [1.165, 1.54) is 19.1 Å². The zero-order valence-electron chi connectivity index (χ0n) is 9.26. The van der Waals surface area contributed by atoms with Crippen molar-refractivity contribution in [1.29, 1.82) is 0 Å². The number of rotatable bonds is 2. The first kappa shape index (κ1) is 11.8. The molecule has 1 aromatic carbocycles. The maximum absolute atomic E-state index is 11.9. The molecule has 0 aliphatic heterocycles. The van der Waals surface area contributed by atoms with Crippen LogP contribution in [0.25, 0.3) is 10.9 Å². The van der Waals surface area contributed by atoms with Gasteiger partial charge in [-0.05, 0) is 13.0 Å². The molecule has 7 nitrogen and oxygen atoms in total. The fraction of sp³-hybridized carbons (Fsp3) is 0.0909. The van der Waals surface area contributed by atoms with E-state index in [-0.39, 0.29) is 16.6 Å². The minimum atomic E-state index is -1.37. The van der Waals surface area contributed by atoms with Crippen molar-refractivity contribution < 1.29 is 14.8 Å². The molecule has 0 unspecified atom stereocenters. The standard InChI is InChI=1S/C11H8N2O5/c1-5-8(13(17)18)3-2-7-9(5)10(14)6(4-12-7)11(15)16/h2-4H,1H3,(H,12,14)(H,15,16). The average molecular weight is 248 g/mol. The largest absolute Gasteiger partial charge is 0.477 e. The Hall–Kier alpha value is -2.70. The highest BCUT2D eigenvalue weighted by molar-refractivity contribution is 5.94. The monoisotopic (exact) mass is 248 g/mol. The molecule has 7 heteroatoms. The lowest BCUT2D eigenvalue weighted by atomic mass is 10.1. The first-order valence-corrected chi connectivity index (χ1v) is 4.96. The van der Waals surface area contributed by atoms with Gasteiger partial charge in [0.15, 0.2) is 0 Å². The Morgan fingerprint density at radius 2 is 2.11 bits per heavy atom. The molecule has 0 saturated carbocycles. The van der Waals surface area contributed by atoms with E-state index in [1.807, 2.05) is 0 Å². The number of aromatic nitrogens is 1. The average Bonchev–Trinajstić information content (AvgIpc) is 2.28. The Balaban J connectivity index is 2.95. The second-order valence-corrected chi connectivity index (χ2v) is 3.73. The summed E-state index contributed by atoms with van der Waals surface area (Å²) in [5, 5.41) is 19.6. The highest BCUT2D eigenvalue weighted by atomic mass is 16.6. The van der Waals surface area contributed by atoms with Crippen molar-refractivity contribution in [3.8, 4) is 0 Å². The number of carbonyl (C=O) groups is 1. The predicted molar refractivity (Wildman–Crippen MR) is 62.9 cm³/mol. The van der Waals surface area contributed by atoms with Crippen molar-refractivity contribution in [2.75, 3.05) is 0 Å². The summed E-state index contributed by atoms with van der Waals surface area (Å²) in [5.41, 5.74) is -0.853. The number of aromatic carboxylic acids is 1. The lowest BCUT2D eigenvalue weighted by Gasteiger charge is -2.03. The van der Waals surface area contributed by atoms with Gasteiger partial charge in [0.2, 0.25) is 5.43 Å². The molecule has 0 amide bonds. The summed E-state index contributed by atoms with van der Waals surface area (Å²) in [6.07, 6.45) is 1.08. The Labute approximate surface area is 99.8 Å². The van der Waals surface area contributed by atoms with Gasteiger partial charge < -0.3 is 10.1 Å². The van der Waals surface area contributed by atoms with E-state index in [9.17, 15) is 19.7 Å². The number of H-pyrrole nitrogens is 1. The molecule has 2 aromatic rings. The number of nitro groups is 1. The number of nitrogens with one attached hydrogen (secondary N) is 1. The fourth-order valence-electron chi connectivity index (χ4n) is 1.82. The highest BCUT2D eigenvalue weighted by Crippen LogP contribution is 2.23. The highest BCUT2D eigenvalue weighted by Gasteiger charge is 2.18. The Morgan fingerprint density at radius 3 is 2.67 bits per heavy atom.